The van der Waals surface area contributed by atoms with Gasteiger partial charge < -0.3 is 30.8 Å². The number of anilines is 2. The van der Waals surface area contributed by atoms with E-state index in [2.05, 4.69) is 6.92 Å². The fourth-order valence-electron chi connectivity index (χ4n) is 3.88. The van der Waals surface area contributed by atoms with Crippen LogP contribution in [-0.4, -0.2) is 36.2 Å². The lowest BCUT2D eigenvalue weighted by atomic mass is 10.00. The zero-order valence-corrected chi connectivity index (χ0v) is 22.4. The summed E-state index contributed by atoms with van der Waals surface area (Å²) < 4.78 is 16.3. The van der Waals surface area contributed by atoms with Gasteiger partial charge >= 0.3 is 17.9 Å². The number of esters is 2. The minimum atomic E-state index is -1.12. The Morgan fingerprint density at radius 2 is 1.57 bits per heavy atom. The maximum atomic E-state index is 12.4. The van der Waals surface area contributed by atoms with Gasteiger partial charge in [0.2, 0.25) is 0 Å². The van der Waals surface area contributed by atoms with E-state index in [1.165, 1.54) is 18.2 Å². The molecule has 3 rings (SSSR count). The summed E-state index contributed by atoms with van der Waals surface area (Å²) in [5.41, 5.74) is 13.7. The average molecular weight is 547 g/mol. The summed E-state index contributed by atoms with van der Waals surface area (Å²) in [6.45, 7) is 2.87. The van der Waals surface area contributed by atoms with Crippen LogP contribution in [0, 0.1) is 0 Å². The van der Waals surface area contributed by atoms with Gasteiger partial charge in [-0.2, -0.15) is 0 Å². The van der Waals surface area contributed by atoms with Crippen molar-refractivity contribution in [2.24, 2.45) is 0 Å². The van der Waals surface area contributed by atoms with E-state index in [1.54, 1.807) is 54.6 Å². The average Bonchev–Trinajstić information content (AvgIpc) is 2.94. The molecule has 0 unspecified atom stereocenters. The standard InChI is InChI=1S/C31H34N2O7/c1-2-3-4-17-38-24-12-14-25(15-13-24)40-29(34)16-9-21-7-10-22(11-8-21)31(37)39-18-5-6-26-27(30(35)36)19-23(32)20-28(26)33/h7-16,19-20H,2-6,17-18,32-33H2,1H3,(H,35,36)/b16-9+. The zero-order chi connectivity index (χ0) is 28.9. The lowest BCUT2D eigenvalue weighted by Crippen LogP contribution is -2.10. The van der Waals surface area contributed by atoms with Crippen molar-refractivity contribution < 1.29 is 33.7 Å². The van der Waals surface area contributed by atoms with Crippen LogP contribution in [0.2, 0.25) is 0 Å². The van der Waals surface area contributed by atoms with Crippen molar-refractivity contribution in [3.05, 3.63) is 89.0 Å². The van der Waals surface area contributed by atoms with Crippen LogP contribution in [0.4, 0.5) is 11.4 Å². The molecular weight excluding hydrogens is 512 g/mol. The molecule has 0 aromatic heterocycles. The van der Waals surface area contributed by atoms with Crippen LogP contribution in [0.15, 0.2) is 66.7 Å². The quantitative estimate of drug-likeness (QED) is 0.0779. The van der Waals surface area contributed by atoms with Crippen LogP contribution >= 0.6 is 0 Å². The number of nitrogen functional groups attached to an aromatic ring is 2. The van der Waals surface area contributed by atoms with Gasteiger partial charge in [-0.15, -0.1) is 0 Å². The van der Waals surface area contributed by atoms with Gasteiger partial charge in [-0.3, -0.25) is 0 Å². The second-order valence-corrected chi connectivity index (χ2v) is 9.08. The third kappa shape index (κ3) is 9.20. The summed E-state index contributed by atoms with van der Waals surface area (Å²) in [6.07, 6.45) is 6.84. The van der Waals surface area contributed by atoms with Gasteiger partial charge in [0, 0.05) is 17.5 Å². The summed E-state index contributed by atoms with van der Waals surface area (Å²) in [5.74, 6) is -1.04. The molecule has 3 aromatic carbocycles. The van der Waals surface area contributed by atoms with Crippen LogP contribution in [0.25, 0.3) is 6.08 Å². The van der Waals surface area contributed by atoms with Crippen LogP contribution in [0.1, 0.15) is 64.4 Å². The first kappa shape index (κ1) is 29.8. The molecule has 5 N–H and O–H groups in total. The van der Waals surface area contributed by atoms with Crippen LogP contribution < -0.4 is 20.9 Å². The van der Waals surface area contributed by atoms with E-state index in [-0.39, 0.29) is 23.5 Å². The summed E-state index contributed by atoms with van der Waals surface area (Å²) in [7, 11) is 0. The van der Waals surface area contributed by atoms with Gasteiger partial charge in [0.05, 0.1) is 24.3 Å². The highest BCUT2D eigenvalue weighted by Gasteiger charge is 2.15. The fraction of sp³-hybridized carbons (Fsp3) is 0.258. The molecule has 0 spiro atoms. The number of aromatic carboxylic acids is 1. The Kier molecular flexibility index (Phi) is 11.1. The van der Waals surface area contributed by atoms with Crippen molar-refractivity contribution in [3.8, 4) is 11.5 Å². The molecule has 0 bridgehead atoms. The number of carbonyl (C=O) groups excluding carboxylic acids is 2. The Balaban J connectivity index is 1.44. The molecule has 40 heavy (non-hydrogen) atoms. The van der Waals surface area contributed by atoms with Crippen molar-refractivity contribution >= 4 is 35.4 Å². The fourth-order valence-corrected chi connectivity index (χ4v) is 3.88. The molecule has 210 valence electrons. The number of carboxylic acid groups (broad SMARTS) is 1. The van der Waals surface area contributed by atoms with E-state index in [4.69, 9.17) is 25.7 Å². The SMILES string of the molecule is CCCCCOc1ccc(OC(=O)/C=C/c2ccc(C(=O)OCCCc3c(N)cc(N)cc3C(=O)O)cc2)cc1. The van der Waals surface area contributed by atoms with E-state index in [0.717, 1.165) is 25.0 Å². The molecule has 0 aliphatic heterocycles. The van der Waals surface area contributed by atoms with Crippen molar-refractivity contribution in [2.75, 3.05) is 24.7 Å². The molecule has 0 fully saturated rings. The first-order valence-corrected chi connectivity index (χ1v) is 13.1. The monoisotopic (exact) mass is 546 g/mol. The van der Waals surface area contributed by atoms with E-state index < -0.39 is 17.9 Å². The number of carbonyl (C=O) groups is 3. The number of carboxylic acids is 1. The summed E-state index contributed by atoms with van der Waals surface area (Å²) in [4.78, 5) is 36.0. The summed E-state index contributed by atoms with van der Waals surface area (Å²) >= 11 is 0. The number of ether oxygens (including phenoxy) is 3. The number of nitrogens with two attached hydrogens (primary N) is 2. The minimum absolute atomic E-state index is 0.0389. The predicted octanol–water partition coefficient (Wildman–Crippen LogP) is 5.53. The van der Waals surface area contributed by atoms with Crippen molar-refractivity contribution in [3.63, 3.8) is 0 Å². The molecule has 0 radical (unpaired) electrons. The third-order valence-corrected chi connectivity index (χ3v) is 5.96. The molecule has 0 heterocycles. The molecule has 0 amide bonds. The Morgan fingerprint density at radius 3 is 2.25 bits per heavy atom. The molecule has 9 nitrogen and oxygen atoms in total. The zero-order valence-electron chi connectivity index (χ0n) is 22.4. The van der Waals surface area contributed by atoms with Gasteiger partial charge in [-0.05, 0) is 85.0 Å². The molecule has 3 aromatic rings. The highest BCUT2D eigenvalue weighted by molar-refractivity contribution is 5.93. The van der Waals surface area contributed by atoms with Gasteiger partial charge in [-0.1, -0.05) is 31.9 Å². The van der Waals surface area contributed by atoms with Crippen LogP contribution in [0.3, 0.4) is 0 Å². The largest absolute Gasteiger partial charge is 0.494 e. The lowest BCUT2D eigenvalue weighted by molar-refractivity contribution is -0.128. The Hall–Kier alpha value is -4.79. The number of unbranched alkanes of at least 4 members (excludes halogenated alkanes) is 2. The first-order valence-electron chi connectivity index (χ1n) is 13.1. The van der Waals surface area contributed by atoms with Gasteiger partial charge in [0.1, 0.15) is 11.5 Å². The smallest absolute Gasteiger partial charge is 0.338 e. The maximum absolute atomic E-state index is 12.4. The van der Waals surface area contributed by atoms with Crippen LogP contribution in [-0.2, 0) is 16.0 Å². The molecule has 0 atom stereocenters. The van der Waals surface area contributed by atoms with E-state index in [1.807, 2.05) is 0 Å². The molecular formula is C31H34N2O7. The van der Waals surface area contributed by atoms with E-state index >= 15 is 0 Å². The van der Waals surface area contributed by atoms with Crippen molar-refractivity contribution in [1.29, 1.82) is 0 Å². The summed E-state index contributed by atoms with van der Waals surface area (Å²) in [6, 6.07) is 16.3. The molecule has 0 saturated heterocycles. The maximum Gasteiger partial charge on any atom is 0.338 e. The van der Waals surface area contributed by atoms with Crippen LogP contribution in [0.5, 0.6) is 11.5 Å². The molecule has 0 aliphatic carbocycles. The Labute approximate surface area is 233 Å². The highest BCUT2D eigenvalue weighted by Crippen LogP contribution is 2.23. The highest BCUT2D eigenvalue weighted by atomic mass is 16.5. The topological polar surface area (TPSA) is 151 Å². The molecule has 9 heteroatoms. The number of rotatable bonds is 14. The Bertz CT molecular complexity index is 1330. The molecule has 0 aliphatic rings. The second-order valence-electron chi connectivity index (χ2n) is 9.08. The first-order chi connectivity index (χ1) is 19.3. The van der Waals surface area contributed by atoms with Gasteiger partial charge in [-0.25, -0.2) is 14.4 Å². The second kappa shape index (κ2) is 15.0. The predicted molar refractivity (Wildman–Crippen MR) is 153 cm³/mol. The van der Waals surface area contributed by atoms with E-state index in [0.29, 0.717) is 41.9 Å². The number of benzene rings is 3. The Morgan fingerprint density at radius 1 is 0.875 bits per heavy atom. The number of hydrogen-bond acceptors (Lipinski definition) is 8. The minimum Gasteiger partial charge on any atom is -0.494 e. The summed E-state index contributed by atoms with van der Waals surface area (Å²) in [5, 5.41) is 9.38. The lowest BCUT2D eigenvalue weighted by Gasteiger charge is -2.11. The van der Waals surface area contributed by atoms with Gasteiger partial charge in [0.15, 0.2) is 0 Å². The third-order valence-electron chi connectivity index (χ3n) is 5.96. The van der Waals surface area contributed by atoms with Crippen molar-refractivity contribution in [1.82, 2.24) is 0 Å². The normalized spacial score (nSPS) is 10.8. The van der Waals surface area contributed by atoms with E-state index in [9.17, 15) is 19.5 Å². The van der Waals surface area contributed by atoms with Crippen molar-refractivity contribution in [2.45, 2.75) is 39.0 Å². The van der Waals surface area contributed by atoms with Gasteiger partial charge in [0.25, 0.3) is 0 Å². The molecule has 0 saturated carbocycles. The number of hydrogen-bond donors (Lipinski definition) is 3.